The first-order chi connectivity index (χ1) is 14.5. The summed E-state index contributed by atoms with van der Waals surface area (Å²) < 4.78 is 34.6. The van der Waals surface area contributed by atoms with Crippen molar-refractivity contribution in [2.24, 2.45) is 5.92 Å². The van der Waals surface area contributed by atoms with E-state index in [2.05, 4.69) is 15.4 Å². The molecular weight excluding hydrogens is 406 g/mol. The van der Waals surface area contributed by atoms with Crippen LogP contribution in [0.4, 0.5) is 5.69 Å². The largest absolute Gasteiger partial charge is 0.493 e. The molecule has 0 unspecified atom stereocenters. The summed E-state index contributed by atoms with van der Waals surface area (Å²) in [6, 6.07) is 8.58. The van der Waals surface area contributed by atoms with Crippen LogP contribution in [0.3, 0.4) is 0 Å². The molecule has 1 N–H and O–H groups in total. The van der Waals surface area contributed by atoms with Crippen molar-refractivity contribution in [1.82, 2.24) is 18.9 Å². The maximum absolute atomic E-state index is 13.0. The van der Waals surface area contributed by atoms with Crippen LogP contribution in [0.15, 0.2) is 47.8 Å². The van der Waals surface area contributed by atoms with Gasteiger partial charge in [0.25, 0.3) is 0 Å². The van der Waals surface area contributed by atoms with Crippen LogP contribution in [0.1, 0.15) is 18.4 Å². The molecule has 3 aromatic rings. The normalized spacial score (nSPS) is 17.6. The molecular formula is C20H21N5O4S. The Bertz CT molecular complexity index is 1210. The van der Waals surface area contributed by atoms with Gasteiger partial charge in [0.05, 0.1) is 23.4 Å². The topological polar surface area (TPSA) is 106 Å². The standard InChI is InChI=1S/C20H21N5O4S/c26-20(23-16-1-4-19-21-13-22-25(19)12-16)14-5-8-24(9-6-14)30(27,28)17-2-3-18-15(11-17)7-10-29-18/h1-4,11-14H,5-10H2,(H,23,26). The summed E-state index contributed by atoms with van der Waals surface area (Å²) in [6.07, 6.45) is 4.83. The summed E-state index contributed by atoms with van der Waals surface area (Å²) in [6.45, 7) is 1.22. The number of fused-ring (bicyclic) bond motifs is 2. The van der Waals surface area contributed by atoms with Gasteiger partial charge in [-0.05, 0) is 48.7 Å². The number of sulfonamides is 1. The highest BCUT2D eigenvalue weighted by atomic mass is 32.2. The van der Waals surface area contributed by atoms with Crippen LogP contribution in [0.2, 0.25) is 0 Å². The lowest BCUT2D eigenvalue weighted by molar-refractivity contribution is -0.120. The van der Waals surface area contributed by atoms with E-state index >= 15 is 0 Å². The van der Waals surface area contributed by atoms with Gasteiger partial charge in [-0.1, -0.05) is 0 Å². The van der Waals surface area contributed by atoms with Crippen molar-refractivity contribution in [2.45, 2.75) is 24.2 Å². The number of amides is 1. The zero-order chi connectivity index (χ0) is 20.7. The number of benzene rings is 1. The average Bonchev–Trinajstić information content (AvgIpc) is 3.42. The van der Waals surface area contributed by atoms with Crippen LogP contribution in [-0.4, -0.2) is 52.9 Å². The second-order valence-corrected chi connectivity index (χ2v) is 9.45. The van der Waals surface area contributed by atoms with Gasteiger partial charge >= 0.3 is 0 Å². The number of rotatable bonds is 4. The van der Waals surface area contributed by atoms with E-state index < -0.39 is 10.0 Å². The predicted octanol–water partition coefficient (Wildman–Crippen LogP) is 1.70. The minimum atomic E-state index is -3.58. The molecule has 0 atom stereocenters. The number of pyridine rings is 1. The number of hydrogen-bond acceptors (Lipinski definition) is 6. The van der Waals surface area contributed by atoms with E-state index in [1.807, 2.05) is 0 Å². The van der Waals surface area contributed by atoms with E-state index in [1.54, 1.807) is 41.0 Å². The minimum Gasteiger partial charge on any atom is -0.493 e. The Kier molecular flexibility index (Phi) is 4.67. The molecule has 0 aliphatic carbocycles. The van der Waals surface area contributed by atoms with Crippen LogP contribution in [0.5, 0.6) is 5.75 Å². The maximum atomic E-state index is 13.0. The first kappa shape index (κ1) is 19.0. The van der Waals surface area contributed by atoms with Crippen LogP contribution in [0.25, 0.3) is 5.65 Å². The Balaban J connectivity index is 1.23. The number of aromatic nitrogens is 3. The summed E-state index contributed by atoms with van der Waals surface area (Å²) in [5.41, 5.74) is 2.26. The van der Waals surface area contributed by atoms with Crippen molar-refractivity contribution in [2.75, 3.05) is 25.0 Å². The van der Waals surface area contributed by atoms with Crippen molar-refractivity contribution in [1.29, 1.82) is 0 Å². The van der Waals surface area contributed by atoms with Crippen molar-refractivity contribution < 1.29 is 17.9 Å². The Morgan fingerprint density at radius 1 is 1.17 bits per heavy atom. The highest BCUT2D eigenvalue weighted by Crippen LogP contribution is 2.30. The third-order valence-electron chi connectivity index (χ3n) is 5.67. The van der Waals surface area contributed by atoms with Crippen molar-refractivity contribution in [3.8, 4) is 5.75 Å². The highest BCUT2D eigenvalue weighted by Gasteiger charge is 2.32. The molecule has 2 aromatic heterocycles. The van der Waals surface area contributed by atoms with Gasteiger partial charge in [0.2, 0.25) is 15.9 Å². The number of anilines is 1. The molecule has 1 aromatic carbocycles. The van der Waals surface area contributed by atoms with E-state index in [4.69, 9.17) is 4.74 Å². The van der Waals surface area contributed by atoms with Crippen molar-refractivity contribution in [3.63, 3.8) is 0 Å². The third-order valence-corrected chi connectivity index (χ3v) is 7.56. The van der Waals surface area contributed by atoms with Crippen LogP contribution < -0.4 is 10.1 Å². The molecule has 9 nitrogen and oxygen atoms in total. The van der Waals surface area contributed by atoms with E-state index in [1.165, 1.54) is 10.6 Å². The molecule has 1 saturated heterocycles. The fraction of sp³-hybridized carbons (Fsp3) is 0.350. The molecule has 1 amide bonds. The van der Waals surface area contributed by atoms with E-state index in [9.17, 15) is 13.2 Å². The molecule has 0 radical (unpaired) electrons. The number of carbonyl (C=O) groups excluding carboxylic acids is 1. The molecule has 156 valence electrons. The SMILES string of the molecule is O=C(Nc1ccc2ncnn2c1)C1CCN(S(=O)(=O)c2ccc3c(c2)CCO3)CC1. The zero-order valence-electron chi connectivity index (χ0n) is 16.2. The Labute approximate surface area is 173 Å². The van der Waals surface area contributed by atoms with Gasteiger partial charge < -0.3 is 10.1 Å². The fourth-order valence-corrected chi connectivity index (χ4v) is 5.49. The Morgan fingerprint density at radius 2 is 2.00 bits per heavy atom. The van der Waals surface area contributed by atoms with Gasteiger partial charge in [0.1, 0.15) is 12.1 Å². The Hall–Kier alpha value is -2.98. The number of carbonyl (C=O) groups is 1. The van der Waals surface area contributed by atoms with Gasteiger partial charge in [-0.15, -0.1) is 0 Å². The lowest BCUT2D eigenvalue weighted by atomic mass is 9.97. The summed E-state index contributed by atoms with van der Waals surface area (Å²) in [5.74, 6) is 0.408. The molecule has 0 saturated carbocycles. The van der Waals surface area contributed by atoms with E-state index in [0.29, 0.717) is 43.9 Å². The smallest absolute Gasteiger partial charge is 0.243 e. The van der Waals surface area contributed by atoms with Gasteiger partial charge in [0, 0.05) is 25.4 Å². The molecule has 5 rings (SSSR count). The van der Waals surface area contributed by atoms with Crippen LogP contribution >= 0.6 is 0 Å². The number of nitrogens with one attached hydrogen (secondary N) is 1. The van der Waals surface area contributed by atoms with Gasteiger partial charge in [0.15, 0.2) is 5.65 Å². The van der Waals surface area contributed by atoms with Crippen molar-refractivity contribution >= 4 is 27.3 Å². The Morgan fingerprint density at radius 3 is 2.83 bits per heavy atom. The van der Waals surface area contributed by atoms with Gasteiger partial charge in [-0.25, -0.2) is 17.9 Å². The molecule has 10 heteroatoms. The summed E-state index contributed by atoms with van der Waals surface area (Å²) in [4.78, 5) is 17.0. The van der Waals surface area contributed by atoms with E-state index in [0.717, 1.165) is 17.7 Å². The average molecular weight is 427 g/mol. The first-order valence-electron chi connectivity index (χ1n) is 9.87. The molecule has 0 spiro atoms. The minimum absolute atomic E-state index is 0.110. The second-order valence-electron chi connectivity index (χ2n) is 7.52. The molecule has 30 heavy (non-hydrogen) atoms. The summed E-state index contributed by atoms with van der Waals surface area (Å²) >= 11 is 0. The second kappa shape index (κ2) is 7.37. The quantitative estimate of drug-likeness (QED) is 0.679. The molecule has 2 aliphatic rings. The maximum Gasteiger partial charge on any atom is 0.243 e. The fourth-order valence-electron chi connectivity index (χ4n) is 3.97. The first-order valence-corrected chi connectivity index (χ1v) is 11.3. The number of nitrogens with zero attached hydrogens (tertiary/aromatic N) is 4. The van der Waals surface area contributed by atoms with Gasteiger partial charge in [-0.3, -0.25) is 4.79 Å². The molecule has 2 aliphatic heterocycles. The van der Waals surface area contributed by atoms with E-state index in [-0.39, 0.29) is 16.7 Å². The predicted molar refractivity (Wildman–Crippen MR) is 109 cm³/mol. The van der Waals surface area contributed by atoms with Crippen LogP contribution in [0, 0.1) is 5.92 Å². The summed E-state index contributed by atoms with van der Waals surface area (Å²) in [5, 5.41) is 6.96. The van der Waals surface area contributed by atoms with Crippen molar-refractivity contribution in [3.05, 3.63) is 48.4 Å². The third kappa shape index (κ3) is 3.41. The molecule has 4 heterocycles. The lowest BCUT2D eigenvalue weighted by Crippen LogP contribution is -2.41. The summed E-state index contributed by atoms with van der Waals surface area (Å²) in [7, 11) is -3.58. The number of hydrogen-bond donors (Lipinski definition) is 1. The van der Waals surface area contributed by atoms with Crippen LogP contribution in [-0.2, 0) is 21.2 Å². The molecule has 1 fully saturated rings. The monoisotopic (exact) mass is 427 g/mol. The molecule has 0 bridgehead atoms. The highest BCUT2D eigenvalue weighted by molar-refractivity contribution is 7.89. The zero-order valence-corrected chi connectivity index (χ0v) is 17.0. The lowest BCUT2D eigenvalue weighted by Gasteiger charge is -2.30. The number of ether oxygens (including phenoxy) is 1. The number of piperidine rings is 1. The van der Waals surface area contributed by atoms with Gasteiger partial charge in [-0.2, -0.15) is 9.40 Å².